The van der Waals surface area contributed by atoms with Crippen molar-refractivity contribution in [1.82, 2.24) is 45.8 Å². The molecule has 3 heterocycles. The number of nitrogens with one attached hydrogen (secondary N) is 5. The summed E-state index contributed by atoms with van der Waals surface area (Å²) < 4.78 is 1.90. The van der Waals surface area contributed by atoms with Gasteiger partial charge in [0.15, 0.2) is 0 Å². The summed E-state index contributed by atoms with van der Waals surface area (Å²) in [5.41, 5.74) is 7.74. The van der Waals surface area contributed by atoms with Crippen LogP contribution in [0.2, 0.25) is 0 Å². The van der Waals surface area contributed by atoms with E-state index in [-0.39, 0.29) is 24.3 Å². The fraction of sp³-hybridized carbons (Fsp3) is 0.676. The van der Waals surface area contributed by atoms with Crippen molar-refractivity contribution >= 4 is 34.5 Å². The molecule has 278 valence electrons. The SMILES string of the molecule is N[C@@H](CCC(=O)N1CCC(Nc2nc(NCc3cn(CCCNCCCNC4CCCCC4)nn3)nc3ccccc23)CC1)C(=O)NCC1CC1. The van der Waals surface area contributed by atoms with Gasteiger partial charge in [-0.25, -0.2) is 4.98 Å². The maximum Gasteiger partial charge on any atom is 0.236 e. The predicted octanol–water partition coefficient (Wildman–Crippen LogP) is 3.16. The van der Waals surface area contributed by atoms with Crippen molar-refractivity contribution in [3.05, 3.63) is 36.2 Å². The predicted molar refractivity (Wildman–Crippen MR) is 200 cm³/mol. The molecule has 51 heavy (non-hydrogen) atoms. The molecule has 2 amide bonds. The zero-order chi connectivity index (χ0) is 35.3. The lowest BCUT2D eigenvalue weighted by Gasteiger charge is -2.33. The first kappa shape index (κ1) is 36.9. The van der Waals surface area contributed by atoms with Crippen molar-refractivity contribution in [2.75, 3.05) is 49.9 Å². The molecule has 3 aromatic rings. The average Bonchev–Trinajstić information content (AvgIpc) is 3.89. The highest BCUT2D eigenvalue weighted by atomic mass is 16.2. The number of anilines is 2. The van der Waals surface area contributed by atoms with Crippen LogP contribution in [-0.2, 0) is 22.7 Å². The van der Waals surface area contributed by atoms with Gasteiger partial charge in [0.2, 0.25) is 17.8 Å². The maximum absolute atomic E-state index is 12.9. The number of piperidine rings is 1. The fourth-order valence-electron chi connectivity index (χ4n) is 7.01. The Kier molecular flexibility index (Phi) is 13.8. The third-order valence-electron chi connectivity index (χ3n) is 10.4. The summed E-state index contributed by atoms with van der Waals surface area (Å²) in [5, 5.41) is 26.8. The molecule has 14 nitrogen and oxygen atoms in total. The van der Waals surface area contributed by atoms with E-state index in [4.69, 9.17) is 15.7 Å². The number of carbonyl (C=O) groups excluding carboxylic acids is 2. The molecule has 2 saturated carbocycles. The Bertz CT molecular complexity index is 1530. The molecule has 1 aliphatic heterocycles. The number of hydrogen-bond acceptors (Lipinski definition) is 11. The van der Waals surface area contributed by atoms with Crippen LogP contribution in [0.5, 0.6) is 0 Å². The number of nitrogens with zero attached hydrogens (tertiary/aromatic N) is 6. The third-order valence-corrected chi connectivity index (χ3v) is 10.4. The molecule has 6 rings (SSSR count). The Balaban J connectivity index is 0.900. The molecule has 7 N–H and O–H groups in total. The number of carbonyl (C=O) groups is 2. The minimum Gasteiger partial charge on any atom is -0.367 e. The van der Waals surface area contributed by atoms with Crippen LogP contribution in [0.15, 0.2) is 30.5 Å². The molecule has 1 atom stereocenters. The largest absolute Gasteiger partial charge is 0.367 e. The lowest BCUT2D eigenvalue weighted by molar-refractivity contribution is -0.132. The lowest BCUT2D eigenvalue weighted by Crippen LogP contribution is -2.44. The van der Waals surface area contributed by atoms with Gasteiger partial charge < -0.3 is 37.2 Å². The molecule has 1 saturated heterocycles. The highest BCUT2D eigenvalue weighted by Gasteiger charge is 2.26. The first-order valence-electron chi connectivity index (χ1n) is 19.4. The van der Waals surface area contributed by atoms with Crippen LogP contribution in [0.1, 0.15) is 89.2 Å². The smallest absolute Gasteiger partial charge is 0.236 e. The monoisotopic (exact) mass is 702 g/mol. The number of aromatic nitrogens is 5. The van der Waals surface area contributed by atoms with Crippen LogP contribution < -0.4 is 32.3 Å². The van der Waals surface area contributed by atoms with Crippen LogP contribution in [0, 0.1) is 5.92 Å². The van der Waals surface area contributed by atoms with Gasteiger partial charge >= 0.3 is 0 Å². The normalized spacial score (nSPS) is 17.8. The molecule has 3 fully saturated rings. The number of nitrogens with two attached hydrogens (primary N) is 1. The summed E-state index contributed by atoms with van der Waals surface area (Å²) in [6.07, 6.45) is 15.6. The van der Waals surface area contributed by atoms with E-state index >= 15 is 0 Å². The number of aryl methyl sites for hydroxylation is 1. The Morgan fingerprint density at radius 2 is 1.73 bits per heavy atom. The van der Waals surface area contributed by atoms with Gasteiger partial charge in [0, 0.05) is 50.1 Å². The second kappa shape index (κ2) is 19.1. The molecule has 2 aliphatic carbocycles. The minimum atomic E-state index is -0.645. The van der Waals surface area contributed by atoms with Crippen molar-refractivity contribution in [3.8, 4) is 0 Å². The quantitative estimate of drug-likeness (QED) is 0.0953. The molecule has 14 heteroatoms. The number of para-hydroxylation sites is 1. The van der Waals surface area contributed by atoms with E-state index in [0.717, 1.165) is 80.3 Å². The van der Waals surface area contributed by atoms with Gasteiger partial charge in [0.25, 0.3) is 0 Å². The topological polar surface area (TPSA) is 180 Å². The molecular weight excluding hydrogens is 644 g/mol. The van der Waals surface area contributed by atoms with Crippen molar-refractivity contribution in [2.24, 2.45) is 11.7 Å². The van der Waals surface area contributed by atoms with E-state index in [1.165, 1.54) is 44.9 Å². The van der Waals surface area contributed by atoms with Gasteiger partial charge in [-0.05, 0) is 95.5 Å². The Morgan fingerprint density at radius 1 is 0.922 bits per heavy atom. The van der Waals surface area contributed by atoms with Crippen molar-refractivity contribution < 1.29 is 9.59 Å². The Labute approximate surface area is 301 Å². The fourth-order valence-corrected chi connectivity index (χ4v) is 7.01. The highest BCUT2D eigenvalue weighted by molar-refractivity contribution is 5.90. The molecule has 1 aromatic carbocycles. The maximum atomic E-state index is 12.9. The molecule has 2 aromatic heterocycles. The molecular formula is C37H58N12O2. The summed E-state index contributed by atoms with van der Waals surface area (Å²) in [4.78, 5) is 36.6. The van der Waals surface area contributed by atoms with Crippen molar-refractivity contribution in [2.45, 2.75) is 115 Å². The first-order valence-corrected chi connectivity index (χ1v) is 19.4. The standard InChI is InChI=1S/C37H58N12O2/c38-32(36(51)41-24-27-12-13-27)14-15-34(50)48-22-16-29(17-23-48)43-35-31-10-4-5-11-33(31)44-37(45-35)42-25-30-26-49(47-46-30)21-7-19-39-18-6-20-40-28-8-2-1-3-9-28/h4-5,10-11,26-29,32,39-40H,1-3,6-9,12-25,38H2,(H,41,51)(H2,42,43,44,45)/t32-/m0/s1. The number of rotatable bonds is 20. The molecule has 0 spiro atoms. The van der Waals surface area contributed by atoms with Crippen LogP contribution in [-0.4, -0.2) is 99.1 Å². The number of amides is 2. The van der Waals surface area contributed by atoms with Gasteiger partial charge in [-0.1, -0.05) is 36.6 Å². The number of benzene rings is 1. The summed E-state index contributed by atoms with van der Waals surface area (Å²) >= 11 is 0. The summed E-state index contributed by atoms with van der Waals surface area (Å²) in [6.45, 7) is 6.37. The Hall–Kier alpha value is -3.88. The van der Waals surface area contributed by atoms with E-state index in [2.05, 4.69) is 36.9 Å². The molecule has 0 bridgehead atoms. The molecule has 0 unspecified atom stereocenters. The van der Waals surface area contributed by atoms with Crippen molar-refractivity contribution in [3.63, 3.8) is 0 Å². The van der Waals surface area contributed by atoms with Crippen molar-refractivity contribution in [1.29, 1.82) is 0 Å². The van der Waals surface area contributed by atoms with Crippen LogP contribution in [0.3, 0.4) is 0 Å². The van der Waals surface area contributed by atoms with Gasteiger partial charge in [0.1, 0.15) is 11.5 Å². The van der Waals surface area contributed by atoms with Gasteiger partial charge in [-0.3, -0.25) is 14.3 Å². The zero-order valence-corrected chi connectivity index (χ0v) is 30.1. The van der Waals surface area contributed by atoms with Gasteiger partial charge in [-0.2, -0.15) is 4.98 Å². The van der Waals surface area contributed by atoms with E-state index in [1.807, 2.05) is 40.0 Å². The molecule has 0 radical (unpaired) electrons. The summed E-state index contributed by atoms with van der Waals surface area (Å²) in [7, 11) is 0. The number of fused-ring (bicyclic) bond motifs is 1. The number of likely N-dealkylation sites (tertiary alicyclic amines) is 1. The third kappa shape index (κ3) is 11.8. The van der Waals surface area contributed by atoms with E-state index < -0.39 is 6.04 Å². The van der Waals surface area contributed by atoms with Gasteiger partial charge in [-0.15, -0.1) is 5.10 Å². The van der Waals surface area contributed by atoms with Crippen LogP contribution >= 0.6 is 0 Å². The highest BCUT2D eigenvalue weighted by Crippen LogP contribution is 2.28. The van der Waals surface area contributed by atoms with Gasteiger partial charge in [0.05, 0.1) is 24.3 Å². The second-order valence-electron chi connectivity index (χ2n) is 14.6. The minimum absolute atomic E-state index is 0.0551. The first-order chi connectivity index (χ1) is 25.0. The Morgan fingerprint density at radius 3 is 2.55 bits per heavy atom. The summed E-state index contributed by atoms with van der Waals surface area (Å²) in [6, 6.07) is 8.24. The average molecular weight is 703 g/mol. The lowest BCUT2D eigenvalue weighted by atomic mass is 9.95. The number of hydrogen-bond donors (Lipinski definition) is 6. The summed E-state index contributed by atoms with van der Waals surface area (Å²) in [5.74, 6) is 1.80. The van der Waals surface area contributed by atoms with E-state index in [9.17, 15) is 9.59 Å². The van der Waals surface area contributed by atoms with Crippen LogP contribution in [0.25, 0.3) is 10.9 Å². The molecule has 3 aliphatic rings. The zero-order valence-electron chi connectivity index (χ0n) is 30.1. The second-order valence-corrected chi connectivity index (χ2v) is 14.6. The van der Waals surface area contributed by atoms with E-state index in [1.54, 1.807) is 0 Å². The van der Waals surface area contributed by atoms with Crippen LogP contribution in [0.4, 0.5) is 11.8 Å². The van der Waals surface area contributed by atoms with E-state index in [0.29, 0.717) is 44.5 Å².